The number of thioether (sulfide) groups is 1. The molecule has 0 saturated heterocycles. The number of esters is 1. The maximum atomic E-state index is 12.8. The van der Waals surface area contributed by atoms with Crippen molar-refractivity contribution in [2.24, 2.45) is 0 Å². The van der Waals surface area contributed by atoms with Gasteiger partial charge in [-0.25, -0.2) is 14.6 Å². The Morgan fingerprint density at radius 3 is 2.81 bits per heavy atom. The van der Waals surface area contributed by atoms with Gasteiger partial charge in [-0.1, -0.05) is 24.6 Å². The topological polar surface area (TPSA) is 98.4 Å². The maximum absolute atomic E-state index is 12.8. The van der Waals surface area contributed by atoms with Crippen molar-refractivity contribution in [1.82, 2.24) is 20.2 Å². The molecular weight excluding hydrogens is 416 g/mol. The molecule has 1 saturated carbocycles. The number of nitrogens with one attached hydrogen (secondary N) is 2. The second-order valence-electron chi connectivity index (χ2n) is 7.82. The number of ether oxygens (including phenoxy) is 1. The van der Waals surface area contributed by atoms with E-state index in [4.69, 9.17) is 14.1 Å². The predicted octanol–water partition coefficient (Wildman–Crippen LogP) is 4.17. The summed E-state index contributed by atoms with van der Waals surface area (Å²) in [6.07, 6.45) is 6.29. The van der Waals surface area contributed by atoms with Crippen LogP contribution in [0.15, 0.2) is 39.2 Å². The first-order valence-electron chi connectivity index (χ1n) is 10.7. The molecule has 2 aromatic heterocycles. The molecule has 8 nitrogen and oxygen atoms in total. The van der Waals surface area contributed by atoms with E-state index < -0.39 is 12.0 Å². The first-order valence-corrected chi connectivity index (χ1v) is 11.7. The molecule has 1 atom stereocenters. The highest BCUT2D eigenvalue weighted by Crippen LogP contribution is 2.36. The van der Waals surface area contributed by atoms with Gasteiger partial charge in [-0.2, -0.15) is 0 Å². The summed E-state index contributed by atoms with van der Waals surface area (Å²) in [6, 6.07) is 2.85. The number of carbonyl (C=O) groups excluding carboxylic acids is 2. The average Bonchev–Trinajstić information content (AvgIpc) is 3.49. The van der Waals surface area contributed by atoms with Crippen molar-refractivity contribution in [3.8, 4) is 0 Å². The fourth-order valence-electron chi connectivity index (χ4n) is 4.28. The number of imidazole rings is 1. The Balaban J connectivity index is 1.66. The predicted molar refractivity (Wildman–Crippen MR) is 117 cm³/mol. The van der Waals surface area contributed by atoms with Crippen LogP contribution in [0.2, 0.25) is 0 Å². The molecule has 2 amide bonds. The first kappa shape index (κ1) is 21.5. The van der Waals surface area contributed by atoms with Crippen molar-refractivity contribution in [3.63, 3.8) is 0 Å². The van der Waals surface area contributed by atoms with Crippen molar-refractivity contribution < 1.29 is 18.7 Å². The van der Waals surface area contributed by atoms with Crippen molar-refractivity contribution in [2.45, 2.75) is 63.7 Å². The Labute approximate surface area is 185 Å². The molecule has 1 aliphatic carbocycles. The summed E-state index contributed by atoms with van der Waals surface area (Å²) >= 11 is 1.53. The molecule has 166 valence electrons. The Morgan fingerprint density at radius 1 is 1.35 bits per heavy atom. The molecule has 0 bridgehead atoms. The van der Waals surface area contributed by atoms with Crippen LogP contribution in [0.25, 0.3) is 0 Å². The van der Waals surface area contributed by atoms with E-state index >= 15 is 0 Å². The normalized spacial score (nSPS) is 19.5. The minimum Gasteiger partial charge on any atom is -0.467 e. The van der Waals surface area contributed by atoms with E-state index in [9.17, 15) is 9.59 Å². The summed E-state index contributed by atoms with van der Waals surface area (Å²) in [5, 5.41) is 6.50. The molecule has 2 aromatic rings. The highest BCUT2D eigenvalue weighted by atomic mass is 32.2. The van der Waals surface area contributed by atoms with Gasteiger partial charge < -0.3 is 24.4 Å². The lowest BCUT2D eigenvalue weighted by Crippen LogP contribution is -2.46. The number of carbonyl (C=O) groups is 2. The van der Waals surface area contributed by atoms with Crippen molar-refractivity contribution in [2.75, 3.05) is 12.4 Å². The Hall–Kier alpha value is -2.68. The van der Waals surface area contributed by atoms with E-state index in [1.165, 1.54) is 36.6 Å². The van der Waals surface area contributed by atoms with Crippen LogP contribution in [0.3, 0.4) is 0 Å². The minimum absolute atomic E-state index is 0.242. The number of furan rings is 1. The number of nitrogens with zero attached hydrogens (tertiary/aromatic N) is 2. The van der Waals surface area contributed by atoms with Gasteiger partial charge in [0.2, 0.25) is 0 Å². The number of rotatable bonds is 7. The lowest BCUT2D eigenvalue weighted by molar-refractivity contribution is -0.139. The summed E-state index contributed by atoms with van der Waals surface area (Å²) in [4.78, 5) is 30.0. The third kappa shape index (κ3) is 4.37. The van der Waals surface area contributed by atoms with Gasteiger partial charge in [0.05, 0.1) is 24.1 Å². The van der Waals surface area contributed by atoms with E-state index in [1.54, 1.807) is 19.1 Å². The van der Waals surface area contributed by atoms with Gasteiger partial charge in [0.25, 0.3) is 0 Å². The van der Waals surface area contributed by atoms with Crippen LogP contribution in [0.1, 0.15) is 61.8 Å². The van der Waals surface area contributed by atoms with E-state index in [2.05, 4.69) is 22.1 Å². The molecule has 31 heavy (non-hydrogen) atoms. The molecule has 9 heteroatoms. The van der Waals surface area contributed by atoms with Crippen molar-refractivity contribution in [3.05, 3.63) is 46.8 Å². The van der Waals surface area contributed by atoms with Crippen LogP contribution < -0.4 is 10.6 Å². The van der Waals surface area contributed by atoms with Crippen LogP contribution in [-0.2, 0) is 9.53 Å². The van der Waals surface area contributed by atoms with Gasteiger partial charge in [0, 0.05) is 23.2 Å². The van der Waals surface area contributed by atoms with Crippen molar-refractivity contribution >= 4 is 23.8 Å². The molecule has 0 unspecified atom stereocenters. The fraction of sp³-hybridized carbons (Fsp3) is 0.500. The zero-order valence-electron chi connectivity index (χ0n) is 18.1. The highest BCUT2D eigenvalue weighted by molar-refractivity contribution is 7.99. The number of amides is 2. The molecule has 0 aromatic carbocycles. The van der Waals surface area contributed by atoms with Gasteiger partial charge in [0.1, 0.15) is 11.8 Å². The zero-order valence-corrected chi connectivity index (χ0v) is 18.9. The van der Waals surface area contributed by atoms with Crippen LogP contribution in [0.4, 0.5) is 4.79 Å². The average molecular weight is 445 g/mol. The lowest BCUT2D eigenvalue weighted by atomic mass is 10.0. The third-order valence-corrected chi connectivity index (χ3v) is 6.85. The molecule has 3 heterocycles. The highest BCUT2D eigenvalue weighted by Gasteiger charge is 2.35. The molecule has 0 radical (unpaired) electrons. The number of hydrogen-bond acceptors (Lipinski definition) is 6. The molecule has 1 aliphatic heterocycles. The molecule has 4 rings (SSSR count). The van der Waals surface area contributed by atoms with Crippen LogP contribution in [-0.4, -0.2) is 33.9 Å². The zero-order chi connectivity index (χ0) is 22.0. The number of aryl methyl sites for hydroxylation is 1. The first-order chi connectivity index (χ1) is 15.0. The standard InChI is InChI=1S/C22H28N4O4S/c1-4-29-20(27)18-16(24-21(28)25-19(18)17-10-7-11-30-17)12-31-22-23-13(2)14(3)26(22)15-8-5-6-9-15/h7,10-11,15,19H,4-6,8-9,12H2,1-3H3,(H2,24,25,28)/t19-/m0/s1. The van der Waals surface area contributed by atoms with Crippen molar-refractivity contribution in [1.29, 1.82) is 0 Å². The van der Waals surface area contributed by atoms with Gasteiger partial charge in [-0.05, 0) is 45.7 Å². The van der Waals surface area contributed by atoms with Gasteiger partial charge in [-0.3, -0.25) is 0 Å². The Morgan fingerprint density at radius 2 is 2.13 bits per heavy atom. The van der Waals surface area contributed by atoms with Crippen LogP contribution >= 0.6 is 11.8 Å². The summed E-state index contributed by atoms with van der Waals surface area (Å²) < 4.78 is 13.1. The van der Waals surface area contributed by atoms with Crippen LogP contribution in [0, 0.1) is 13.8 Å². The number of aromatic nitrogens is 2. The number of urea groups is 1. The van der Waals surface area contributed by atoms with E-state index in [0.29, 0.717) is 28.8 Å². The van der Waals surface area contributed by atoms with E-state index in [0.717, 1.165) is 23.7 Å². The summed E-state index contributed by atoms with van der Waals surface area (Å²) in [7, 11) is 0. The number of hydrogen-bond donors (Lipinski definition) is 2. The maximum Gasteiger partial charge on any atom is 0.338 e. The third-order valence-electron chi connectivity index (χ3n) is 5.87. The molecule has 1 fully saturated rings. The quantitative estimate of drug-likeness (QED) is 0.491. The summed E-state index contributed by atoms with van der Waals surface area (Å²) in [6.45, 7) is 6.13. The lowest BCUT2D eigenvalue weighted by Gasteiger charge is -2.27. The second-order valence-corrected chi connectivity index (χ2v) is 8.76. The Kier molecular flexibility index (Phi) is 6.41. The smallest absolute Gasteiger partial charge is 0.338 e. The second kappa shape index (κ2) is 9.21. The summed E-state index contributed by atoms with van der Waals surface area (Å²) in [5.41, 5.74) is 3.06. The molecule has 0 spiro atoms. The molecular formula is C22H28N4O4S. The van der Waals surface area contributed by atoms with Gasteiger partial charge >= 0.3 is 12.0 Å². The summed E-state index contributed by atoms with van der Waals surface area (Å²) in [5.74, 6) is 0.402. The molecule has 2 aliphatic rings. The van der Waals surface area contributed by atoms with Gasteiger partial charge in [0.15, 0.2) is 5.16 Å². The van der Waals surface area contributed by atoms with Crippen LogP contribution in [0.5, 0.6) is 0 Å². The Bertz CT molecular complexity index is 990. The largest absolute Gasteiger partial charge is 0.467 e. The SMILES string of the molecule is CCOC(=O)C1=C(CSc2nc(C)c(C)n2C2CCCC2)NC(=O)N[C@H]1c1ccco1. The fourth-order valence-corrected chi connectivity index (χ4v) is 5.41. The van der Waals surface area contributed by atoms with E-state index in [-0.39, 0.29) is 12.6 Å². The van der Waals surface area contributed by atoms with E-state index in [1.807, 2.05) is 6.92 Å². The monoisotopic (exact) mass is 444 g/mol. The minimum atomic E-state index is -0.698. The molecule has 2 N–H and O–H groups in total. The van der Waals surface area contributed by atoms with Gasteiger partial charge in [-0.15, -0.1) is 0 Å².